The van der Waals surface area contributed by atoms with E-state index >= 15 is 0 Å². The fraction of sp³-hybridized carbons (Fsp3) is 0.562. The van der Waals surface area contributed by atoms with Gasteiger partial charge in [-0.1, -0.05) is 18.6 Å². The molecule has 1 aromatic carbocycles. The minimum absolute atomic E-state index is 0.250. The van der Waals surface area contributed by atoms with Gasteiger partial charge >= 0.3 is 0 Å². The number of halogens is 2. The Balaban J connectivity index is 2.03. The first-order valence-corrected chi connectivity index (χ1v) is 9.40. The molecule has 1 fully saturated rings. The second kappa shape index (κ2) is 8.49. The third kappa shape index (κ3) is 5.66. The quantitative estimate of drug-likeness (QED) is 0.863. The van der Waals surface area contributed by atoms with Crippen LogP contribution >= 0.6 is 0 Å². The van der Waals surface area contributed by atoms with Crippen LogP contribution in [-0.4, -0.2) is 46.8 Å². The summed E-state index contributed by atoms with van der Waals surface area (Å²) in [5.41, 5.74) is 1.48. The van der Waals surface area contributed by atoms with Crippen molar-refractivity contribution in [3.05, 3.63) is 29.8 Å². The van der Waals surface area contributed by atoms with Crippen LogP contribution in [0.15, 0.2) is 24.3 Å². The molecule has 0 radical (unpaired) electrons. The number of hydrogen-bond donors (Lipinski definition) is 1. The van der Waals surface area contributed by atoms with Crippen LogP contribution in [0.3, 0.4) is 0 Å². The Kier molecular flexibility index (Phi) is 6.65. The third-order valence-corrected chi connectivity index (χ3v) is 4.59. The van der Waals surface area contributed by atoms with Gasteiger partial charge in [-0.05, 0) is 37.1 Å². The van der Waals surface area contributed by atoms with E-state index in [2.05, 4.69) is 5.32 Å². The first kappa shape index (κ1) is 18.0. The highest BCUT2D eigenvalue weighted by Gasteiger charge is 2.30. The summed E-state index contributed by atoms with van der Waals surface area (Å²) >= 11 is 0. The molecule has 1 heterocycles. The van der Waals surface area contributed by atoms with E-state index < -0.39 is 23.3 Å². The number of benzene rings is 1. The molecule has 2 unspecified atom stereocenters. The predicted molar refractivity (Wildman–Crippen MR) is 88.1 cm³/mol. The Labute approximate surface area is 137 Å². The first-order valence-electron chi connectivity index (χ1n) is 7.67. The zero-order chi connectivity index (χ0) is 16.8. The maximum absolute atomic E-state index is 12.7. The van der Waals surface area contributed by atoms with E-state index in [4.69, 9.17) is 0 Å². The van der Waals surface area contributed by atoms with Crippen LogP contribution < -0.4 is 5.32 Å². The summed E-state index contributed by atoms with van der Waals surface area (Å²) < 4.78 is 36.6. The predicted octanol–water partition coefficient (Wildman–Crippen LogP) is 2.62. The van der Waals surface area contributed by atoms with Gasteiger partial charge in [-0.25, -0.2) is 8.78 Å². The van der Waals surface area contributed by atoms with Gasteiger partial charge in [0.15, 0.2) is 0 Å². The number of anilines is 1. The molecule has 7 heteroatoms. The lowest BCUT2D eigenvalue weighted by Crippen LogP contribution is -2.48. The monoisotopic (exact) mass is 344 g/mol. The van der Waals surface area contributed by atoms with Crippen LogP contribution in [0.2, 0.25) is 0 Å². The number of carbonyl (C=O) groups is 1. The Hall–Kier alpha value is -1.34. The summed E-state index contributed by atoms with van der Waals surface area (Å²) in [4.78, 5) is 14.0. The highest BCUT2D eigenvalue weighted by atomic mass is 32.2. The zero-order valence-corrected chi connectivity index (χ0v) is 14.0. The van der Waals surface area contributed by atoms with Crippen molar-refractivity contribution in [1.82, 2.24) is 4.90 Å². The standard InChI is InChI=1S/C16H22F2N2O2S/c1-23(22)11-12-5-4-6-13(9-12)19-16(21)14-7-2-3-8-20(14)10-15(17)18/h4-6,9,14-15H,2-3,7-8,10-11H2,1H3,(H,19,21). The lowest BCUT2D eigenvalue weighted by atomic mass is 10.0. The molecular formula is C16H22F2N2O2S. The second-order valence-electron chi connectivity index (χ2n) is 5.80. The van der Waals surface area contributed by atoms with Gasteiger partial charge in [-0.15, -0.1) is 0 Å². The molecule has 23 heavy (non-hydrogen) atoms. The van der Waals surface area contributed by atoms with E-state index in [9.17, 15) is 17.8 Å². The molecule has 1 aliphatic rings. The van der Waals surface area contributed by atoms with Gasteiger partial charge in [0, 0.05) is 28.5 Å². The van der Waals surface area contributed by atoms with Crippen molar-refractivity contribution in [1.29, 1.82) is 0 Å². The van der Waals surface area contributed by atoms with Crippen molar-refractivity contribution in [2.45, 2.75) is 37.5 Å². The van der Waals surface area contributed by atoms with Gasteiger partial charge in [0.05, 0.1) is 12.6 Å². The van der Waals surface area contributed by atoms with Gasteiger partial charge in [0.1, 0.15) is 0 Å². The minimum Gasteiger partial charge on any atom is -0.325 e. The average molecular weight is 344 g/mol. The van der Waals surface area contributed by atoms with Gasteiger partial charge in [-0.3, -0.25) is 13.9 Å². The largest absolute Gasteiger partial charge is 0.325 e. The van der Waals surface area contributed by atoms with E-state index in [1.807, 2.05) is 6.07 Å². The van der Waals surface area contributed by atoms with E-state index in [1.54, 1.807) is 29.4 Å². The molecule has 1 aromatic rings. The second-order valence-corrected chi connectivity index (χ2v) is 7.24. The molecule has 4 nitrogen and oxygen atoms in total. The molecule has 0 saturated carbocycles. The number of nitrogens with zero attached hydrogens (tertiary/aromatic N) is 1. The lowest BCUT2D eigenvalue weighted by molar-refractivity contribution is -0.123. The van der Waals surface area contributed by atoms with Crippen LogP contribution in [0, 0.1) is 0 Å². The number of rotatable bonds is 6. The number of likely N-dealkylation sites (tertiary alicyclic amines) is 1. The van der Waals surface area contributed by atoms with Crippen LogP contribution in [0.4, 0.5) is 14.5 Å². The minimum atomic E-state index is -2.44. The number of alkyl halides is 2. The number of nitrogens with one attached hydrogen (secondary N) is 1. The molecule has 1 amide bonds. The van der Waals surface area contributed by atoms with Crippen LogP contribution in [0.1, 0.15) is 24.8 Å². The molecule has 0 spiro atoms. The normalized spacial score (nSPS) is 20.4. The smallest absolute Gasteiger partial charge is 0.251 e. The third-order valence-electron chi connectivity index (χ3n) is 3.85. The maximum atomic E-state index is 12.7. The molecule has 1 N–H and O–H groups in total. The molecule has 1 saturated heterocycles. The van der Waals surface area contributed by atoms with Crippen molar-refractivity contribution >= 4 is 22.4 Å². The molecule has 2 rings (SSSR count). The average Bonchev–Trinajstić information content (AvgIpc) is 2.46. The summed E-state index contributed by atoms with van der Waals surface area (Å²) in [6.07, 6.45) is 1.49. The van der Waals surface area contributed by atoms with E-state index in [0.29, 0.717) is 24.4 Å². The molecule has 1 aliphatic heterocycles. The van der Waals surface area contributed by atoms with Crippen LogP contribution in [0.25, 0.3) is 0 Å². The van der Waals surface area contributed by atoms with Gasteiger partial charge in [0.25, 0.3) is 6.43 Å². The highest BCUT2D eigenvalue weighted by molar-refractivity contribution is 7.83. The topological polar surface area (TPSA) is 49.4 Å². The molecule has 0 aromatic heterocycles. The Morgan fingerprint density at radius 1 is 1.43 bits per heavy atom. The van der Waals surface area contributed by atoms with Gasteiger partial charge in [-0.2, -0.15) is 0 Å². The van der Waals surface area contributed by atoms with E-state index in [-0.39, 0.29) is 12.5 Å². The zero-order valence-electron chi connectivity index (χ0n) is 13.1. The molecule has 128 valence electrons. The van der Waals surface area contributed by atoms with Crippen molar-refractivity contribution in [3.63, 3.8) is 0 Å². The number of hydrogen-bond acceptors (Lipinski definition) is 3. The Bertz CT molecular complexity index is 569. The lowest BCUT2D eigenvalue weighted by Gasteiger charge is -2.34. The first-order chi connectivity index (χ1) is 11.0. The fourth-order valence-corrected chi connectivity index (χ4v) is 3.53. The molecule has 0 aliphatic carbocycles. The maximum Gasteiger partial charge on any atom is 0.251 e. The summed E-state index contributed by atoms with van der Waals surface area (Å²) in [7, 11) is -0.959. The Morgan fingerprint density at radius 3 is 2.91 bits per heavy atom. The summed E-state index contributed by atoms with van der Waals surface area (Å²) in [5.74, 6) is 0.171. The number of carbonyl (C=O) groups excluding carboxylic acids is 1. The Morgan fingerprint density at radius 2 is 2.22 bits per heavy atom. The van der Waals surface area contributed by atoms with Crippen LogP contribution in [-0.2, 0) is 21.3 Å². The fourth-order valence-electron chi connectivity index (χ4n) is 2.88. The van der Waals surface area contributed by atoms with Gasteiger partial charge < -0.3 is 5.32 Å². The van der Waals surface area contributed by atoms with Crippen molar-refractivity contribution in [2.75, 3.05) is 24.7 Å². The van der Waals surface area contributed by atoms with Gasteiger partial charge in [0.2, 0.25) is 5.91 Å². The molecular weight excluding hydrogens is 322 g/mol. The van der Waals surface area contributed by atoms with Crippen molar-refractivity contribution in [2.24, 2.45) is 0 Å². The van der Waals surface area contributed by atoms with E-state index in [1.165, 1.54) is 0 Å². The number of piperidine rings is 1. The van der Waals surface area contributed by atoms with E-state index in [0.717, 1.165) is 18.4 Å². The van der Waals surface area contributed by atoms with Crippen LogP contribution in [0.5, 0.6) is 0 Å². The summed E-state index contributed by atoms with van der Waals surface area (Å²) in [6, 6.07) is 6.65. The summed E-state index contributed by atoms with van der Waals surface area (Å²) in [5, 5.41) is 2.80. The highest BCUT2D eigenvalue weighted by Crippen LogP contribution is 2.20. The van der Waals surface area contributed by atoms with Crippen molar-refractivity contribution < 1.29 is 17.8 Å². The van der Waals surface area contributed by atoms with Crippen molar-refractivity contribution in [3.8, 4) is 0 Å². The summed E-state index contributed by atoms with van der Waals surface area (Å²) in [6.45, 7) is 0.157. The number of amides is 1. The molecule has 0 bridgehead atoms. The SMILES string of the molecule is CS(=O)Cc1cccc(NC(=O)C2CCCCN2CC(F)F)c1. The molecule has 2 atom stereocenters.